The molecule has 0 aliphatic heterocycles. The molecule has 2 N–H and O–H groups in total. The average molecular weight is 284 g/mol. The van der Waals surface area contributed by atoms with Crippen LogP contribution in [0, 0.1) is 0 Å². The van der Waals surface area contributed by atoms with E-state index in [4.69, 9.17) is 0 Å². The van der Waals surface area contributed by atoms with Gasteiger partial charge in [0.05, 0.1) is 4.90 Å². The summed E-state index contributed by atoms with van der Waals surface area (Å²) in [5, 5.41) is 3.04. The van der Waals surface area contributed by atoms with Gasteiger partial charge in [-0.3, -0.25) is 0 Å². The van der Waals surface area contributed by atoms with Crippen LogP contribution in [0.1, 0.15) is 37.8 Å². The summed E-state index contributed by atoms with van der Waals surface area (Å²) in [6, 6.07) is 5.64. The van der Waals surface area contributed by atoms with Crippen molar-refractivity contribution < 1.29 is 8.42 Å². The van der Waals surface area contributed by atoms with E-state index in [1.165, 1.54) is 0 Å². The minimum atomic E-state index is -3.39. The first-order chi connectivity index (χ1) is 9.05. The quantitative estimate of drug-likeness (QED) is 0.718. The van der Waals surface area contributed by atoms with Gasteiger partial charge in [-0.1, -0.05) is 32.4 Å². The highest BCUT2D eigenvalue weighted by atomic mass is 32.2. The Labute approximate surface area is 116 Å². The lowest BCUT2D eigenvalue weighted by Crippen LogP contribution is -2.26. The standard InChI is InChI=1S/C14H24N2O2S/c1-4-6-9-16-19(17,18)14-10-12(11-15-3)7-8-13(14)5-2/h7-8,10,15-16H,4-6,9,11H2,1-3H3. The van der Waals surface area contributed by atoms with Crippen LogP contribution in [-0.2, 0) is 23.0 Å². The third-order valence-electron chi connectivity index (χ3n) is 3.01. The molecule has 0 fully saturated rings. The van der Waals surface area contributed by atoms with Crippen molar-refractivity contribution in [2.45, 2.75) is 44.6 Å². The fourth-order valence-electron chi connectivity index (χ4n) is 1.92. The molecule has 0 unspecified atom stereocenters. The van der Waals surface area contributed by atoms with Crippen LogP contribution in [0.4, 0.5) is 0 Å². The molecule has 1 aromatic carbocycles. The van der Waals surface area contributed by atoms with Gasteiger partial charge in [0.1, 0.15) is 0 Å². The van der Waals surface area contributed by atoms with E-state index in [0.29, 0.717) is 24.4 Å². The highest BCUT2D eigenvalue weighted by molar-refractivity contribution is 7.89. The van der Waals surface area contributed by atoms with Crippen LogP contribution in [-0.4, -0.2) is 22.0 Å². The minimum Gasteiger partial charge on any atom is -0.316 e. The number of hydrogen-bond acceptors (Lipinski definition) is 3. The molecule has 19 heavy (non-hydrogen) atoms. The molecule has 0 heterocycles. The van der Waals surface area contributed by atoms with E-state index in [-0.39, 0.29) is 0 Å². The molecular weight excluding hydrogens is 260 g/mol. The van der Waals surface area contributed by atoms with Crippen LogP contribution in [0.5, 0.6) is 0 Å². The van der Waals surface area contributed by atoms with Gasteiger partial charge >= 0.3 is 0 Å². The third-order valence-corrected chi connectivity index (χ3v) is 4.55. The number of sulfonamides is 1. The number of aryl methyl sites for hydroxylation is 1. The maximum atomic E-state index is 12.3. The molecule has 0 bridgehead atoms. The van der Waals surface area contributed by atoms with Gasteiger partial charge < -0.3 is 5.32 Å². The first-order valence-corrected chi connectivity index (χ1v) is 8.29. The van der Waals surface area contributed by atoms with E-state index in [2.05, 4.69) is 10.0 Å². The maximum Gasteiger partial charge on any atom is 0.240 e. The molecule has 1 aromatic rings. The molecule has 0 spiro atoms. The Bertz CT molecular complexity index is 498. The molecule has 4 nitrogen and oxygen atoms in total. The molecule has 0 aliphatic carbocycles. The van der Waals surface area contributed by atoms with Gasteiger partial charge in [0.25, 0.3) is 0 Å². The van der Waals surface area contributed by atoms with E-state index in [1.807, 2.05) is 33.0 Å². The summed E-state index contributed by atoms with van der Waals surface area (Å²) in [6.07, 6.45) is 2.55. The number of benzene rings is 1. The van der Waals surface area contributed by atoms with E-state index in [1.54, 1.807) is 6.07 Å². The van der Waals surface area contributed by atoms with Crippen LogP contribution in [0.3, 0.4) is 0 Å². The summed E-state index contributed by atoms with van der Waals surface area (Å²) in [6.45, 7) is 5.18. The zero-order chi connectivity index (χ0) is 14.3. The van der Waals surface area contributed by atoms with Gasteiger partial charge in [0, 0.05) is 13.1 Å². The number of rotatable bonds is 8. The van der Waals surface area contributed by atoms with Crippen molar-refractivity contribution in [1.29, 1.82) is 0 Å². The third kappa shape index (κ3) is 4.60. The highest BCUT2D eigenvalue weighted by Gasteiger charge is 2.17. The van der Waals surface area contributed by atoms with Gasteiger partial charge in [-0.2, -0.15) is 0 Å². The zero-order valence-electron chi connectivity index (χ0n) is 12.0. The molecule has 1 rings (SSSR count). The zero-order valence-corrected chi connectivity index (χ0v) is 12.8. The molecule has 5 heteroatoms. The van der Waals surface area contributed by atoms with Crippen molar-refractivity contribution in [2.24, 2.45) is 0 Å². The molecule has 0 saturated carbocycles. The van der Waals surface area contributed by atoms with Crippen molar-refractivity contribution in [3.63, 3.8) is 0 Å². The Kier molecular flexibility index (Phi) is 6.48. The lowest BCUT2D eigenvalue weighted by Gasteiger charge is -2.12. The average Bonchev–Trinajstić information content (AvgIpc) is 2.39. The predicted octanol–water partition coefficient (Wildman–Crippen LogP) is 2.05. The van der Waals surface area contributed by atoms with Crippen molar-refractivity contribution in [1.82, 2.24) is 10.0 Å². The van der Waals surface area contributed by atoms with Crippen molar-refractivity contribution >= 4 is 10.0 Å². The Morgan fingerprint density at radius 2 is 1.95 bits per heavy atom. The fourth-order valence-corrected chi connectivity index (χ4v) is 3.35. The van der Waals surface area contributed by atoms with Crippen LogP contribution in [0.25, 0.3) is 0 Å². The van der Waals surface area contributed by atoms with Gasteiger partial charge in [-0.05, 0) is 37.1 Å². The second kappa shape index (κ2) is 7.62. The molecule has 0 saturated heterocycles. The fraction of sp³-hybridized carbons (Fsp3) is 0.571. The monoisotopic (exact) mass is 284 g/mol. The van der Waals surface area contributed by atoms with Crippen LogP contribution >= 0.6 is 0 Å². The van der Waals surface area contributed by atoms with E-state index < -0.39 is 10.0 Å². The Morgan fingerprint density at radius 1 is 1.21 bits per heavy atom. The first kappa shape index (κ1) is 16.1. The minimum absolute atomic E-state index is 0.416. The SMILES string of the molecule is CCCCNS(=O)(=O)c1cc(CNC)ccc1CC. The summed E-state index contributed by atoms with van der Waals surface area (Å²) in [5.74, 6) is 0. The van der Waals surface area contributed by atoms with Gasteiger partial charge in [0.2, 0.25) is 10.0 Å². The van der Waals surface area contributed by atoms with Crippen LogP contribution in [0.2, 0.25) is 0 Å². The largest absolute Gasteiger partial charge is 0.316 e. The summed E-state index contributed by atoms with van der Waals surface area (Å²) >= 11 is 0. The topological polar surface area (TPSA) is 58.2 Å². The molecule has 0 atom stereocenters. The normalized spacial score (nSPS) is 11.7. The summed E-state index contributed by atoms with van der Waals surface area (Å²) < 4.78 is 27.3. The van der Waals surface area contributed by atoms with Crippen molar-refractivity contribution in [3.05, 3.63) is 29.3 Å². The first-order valence-electron chi connectivity index (χ1n) is 6.81. The van der Waals surface area contributed by atoms with Gasteiger partial charge in [-0.25, -0.2) is 13.1 Å². The summed E-state index contributed by atoms with van der Waals surface area (Å²) in [5.41, 5.74) is 1.85. The van der Waals surface area contributed by atoms with Crippen LogP contribution in [0.15, 0.2) is 23.1 Å². The van der Waals surface area contributed by atoms with Crippen LogP contribution < -0.4 is 10.0 Å². The van der Waals surface area contributed by atoms with E-state index in [9.17, 15) is 8.42 Å². The Morgan fingerprint density at radius 3 is 2.53 bits per heavy atom. The highest BCUT2D eigenvalue weighted by Crippen LogP contribution is 2.18. The molecule has 0 aliphatic rings. The summed E-state index contributed by atoms with van der Waals surface area (Å²) in [4.78, 5) is 0.416. The number of unbranched alkanes of at least 4 members (excludes halogenated alkanes) is 1. The summed E-state index contributed by atoms with van der Waals surface area (Å²) in [7, 11) is -1.55. The Hall–Kier alpha value is -0.910. The number of hydrogen-bond donors (Lipinski definition) is 2. The molecule has 0 aromatic heterocycles. The van der Waals surface area contributed by atoms with E-state index >= 15 is 0 Å². The maximum absolute atomic E-state index is 12.3. The van der Waals surface area contributed by atoms with Gasteiger partial charge in [0.15, 0.2) is 0 Å². The second-order valence-electron chi connectivity index (χ2n) is 4.58. The van der Waals surface area contributed by atoms with Gasteiger partial charge in [-0.15, -0.1) is 0 Å². The lowest BCUT2D eigenvalue weighted by molar-refractivity contribution is 0.577. The van der Waals surface area contributed by atoms with Crippen molar-refractivity contribution in [3.8, 4) is 0 Å². The smallest absolute Gasteiger partial charge is 0.240 e. The predicted molar refractivity (Wildman–Crippen MR) is 78.7 cm³/mol. The molecule has 108 valence electrons. The second-order valence-corrected chi connectivity index (χ2v) is 6.31. The molecule has 0 amide bonds. The lowest BCUT2D eigenvalue weighted by atomic mass is 10.1. The number of nitrogens with one attached hydrogen (secondary N) is 2. The molecule has 0 radical (unpaired) electrons. The Balaban J connectivity index is 3.04. The van der Waals surface area contributed by atoms with E-state index in [0.717, 1.165) is 24.0 Å². The molecular formula is C14H24N2O2S. The van der Waals surface area contributed by atoms with Crippen molar-refractivity contribution in [2.75, 3.05) is 13.6 Å².